The second-order valence-electron chi connectivity index (χ2n) is 2.68. The van der Waals surface area contributed by atoms with Crippen molar-refractivity contribution in [3.63, 3.8) is 0 Å². The van der Waals surface area contributed by atoms with Gasteiger partial charge in [0, 0.05) is 0 Å². The highest BCUT2D eigenvalue weighted by Gasteiger charge is 2.20. The van der Waals surface area contributed by atoms with E-state index in [-0.39, 0.29) is 6.09 Å². The van der Waals surface area contributed by atoms with Crippen molar-refractivity contribution in [1.29, 1.82) is 0 Å². The van der Waals surface area contributed by atoms with Crippen molar-refractivity contribution >= 4 is 6.09 Å². The standard InChI is InChI=1S/C10H15NO3/c1-3-13-9-7-5-6-8-11(9)10(12)14-4-2/h5-7H,3-4,8H2,1-2H3. The fourth-order valence-corrected chi connectivity index (χ4v) is 1.14. The third-order valence-electron chi connectivity index (χ3n) is 1.71. The van der Waals surface area contributed by atoms with Crippen LogP contribution in [0.5, 0.6) is 0 Å². The first kappa shape index (κ1) is 10.6. The van der Waals surface area contributed by atoms with Gasteiger partial charge in [0.15, 0.2) is 5.88 Å². The molecule has 0 aliphatic carbocycles. The highest BCUT2D eigenvalue weighted by molar-refractivity contribution is 5.70. The predicted molar refractivity (Wildman–Crippen MR) is 52.6 cm³/mol. The molecule has 0 saturated heterocycles. The summed E-state index contributed by atoms with van der Waals surface area (Å²) in [6.07, 6.45) is 5.13. The predicted octanol–water partition coefficient (Wildman–Crippen LogP) is 1.89. The molecule has 78 valence electrons. The number of allylic oxidation sites excluding steroid dienone is 2. The molecule has 0 aromatic carbocycles. The van der Waals surface area contributed by atoms with Gasteiger partial charge in [0.2, 0.25) is 0 Å². The van der Waals surface area contributed by atoms with Crippen molar-refractivity contribution in [2.24, 2.45) is 0 Å². The van der Waals surface area contributed by atoms with Crippen LogP contribution in [-0.2, 0) is 9.47 Å². The van der Waals surface area contributed by atoms with Gasteiger partial charge in [-0.2, -0.15) is 0 Å². The van der Waals surface area contributed by atoms with Crippen LogP contribution in [0.15, 0.2) is 24.1 Å². The largest absolute Gasteiger partial charge is 0.479 e. The number of carbonyl (C=O) groups excluding carboxylic acids is 1. The molecule has 0 bridgehead atoms. The molecule has 4 heteroatoms. The molecule has 0 unspecified atom stereocenters. The molecule has 0 aromatic rings. The number of hydrogen-bond donors (Lipinski definition) is 0. The van der Waals surface area contributed by atoms with Gasteiger partial charge in [-0.3, -0.25) is 0 Å². The molecule has 1 aliphatic rings. The van der Waals surface area contributed by atoms with Gasteiger partial charge >= 0.3 is 6.09 Å². The van der Waals surface area contributed by atoms with Gasteiger partial charge in [-0.15, -0.1) is 0 Å². The third-order valence-corrected chi connectivity index (χ3v) is 1.71. The first-order valence-corrected chi connectivity index (χ1v) is 4.73. The summed E-state index contributed by atoms with van der Waals surface area (Å²) in [7, 11) is 0. The summed E-state index contributed by atoms with van der Waals surface area (Å²) in [5, 5.41) is 0. The lowest BCUT2D eigenvalue weighted by Gasteiger charge is -2.24. The number of ether oxygens (including phenoxy) is 2. The van der Waals surface area contributed by atoms with Crippen LogP contribution in [0.4, 0.5) is 4.79 Å². The van der Waals surface area contributed by atoms with Crippen LogP contribution in [0.1, 0.15) is 13.8 Å². The van der Waals surface area contributed by atoms with E-state index in [1.807, 2.05) is 19.1 Å². The highest BCUT2D eigenvalue weighted by atomic mass is 16.6. The van der Waals surface area contributed by atoms with E-state index in [0.29, 0.717) is 25.6 Å². The molecule has 14 heavy (non-hydrogen) atoms. The second kappa shape index (κ2) is 5.32. The minimum atomic E-state index is -0.364. The first-order valence-electron chi connectivity index (χ1n) is 4.73. The summed E-state index contributed by atoms with van der Waals surface area (Å²) in [5.41, 5.74) is 0. The van der Waals surface area contributed by atoms with Crippen LogP contribution in [0.25, 0.3) is 0 Å². The minimum Gasteiger partial charge on any atom is -0.479 e. The zero-order valence-electron chi connectivity index (χ0n) is 8.53. The summed E-state index contributed by atoms with van der Waals surface area (Å²) >= 11 is 0. The zero-order valence-corrected chi connectivity index (χ0v) is 8.53. The fraction of sp³-hybridized carbons (Fsp3) is 0.500. The van der Waals surface area contributed by atoms with Gasteiger partial charge in [0.25, 0.3) is 0 Å². The molecule has 0 atom stereocenters. The Hall–Kier alpha value is -1.45. The number of nitrogens with zero attached hydrogens (tertiary/aromatic N) is 1. The van der Waals surface area contributed by atoms with Gasteiger partial charge in [-0.1, -0.05) is 12.2 Å². The summed E-state index contributed by atoms with van der Waals surface area (Å²) in [4.78, 5) is 12.9. The molecule has 0 saturated carbocycles. The SMILES string of the molecule is CCOC(=O)N1CC=CC=C1OCC. The lowest BCUT2D eigenvalue weighted by Crippen LogP contribution is -2.33. The van der Waals surface area contributed by atoms with E-state index in [4.69, 9.17) is 9.47 Å². The Labute approximate surface area is 83.8 Å². The summed E-state index contributed by atoms with van der Waals surface area (Å²) in [6, 6.07) is 0. The molecule has 0 fully saturated rings. The normalized spacial score (nSPS) is 15.0. The van der Waals surface area contributed by atoms with Crippen LogP contribution < -0.4 is 0 Å². The molecule has 0 spiro atoms. The fourth-order valence-electron chi connectivity index (χ4n) is 1.14. The average molecular weight is 197 g/mol. The molecule has 1 amide bonds. The van der Waals surface area contributed by atoms with Crippen molar-refractivity contribution < 1.29 is 14.3 Å². The average Bonchev–Trinajstić information content (AvgIpc) is 2.19. The molecule has 0 aromatic heterocycles. The van der Waals surface area contributed by atoms with Crippen molar-refractivity contribution in [2.75, 3.05) is 19.8 Å². The highest BCUT2D eigenvalue weighted by Crippen LogP contribution is 2.12. The summed E-state index contributed by atoms with van der Waals surface area (Å²) in [5.74, 6) is 0.549. The van der Waals surface area contributed by atoms with Crippen LogP contribution in [0, 0.1) is 0 Å². The summed E-state index contributed by atoms with van der Waals surface area (Å²) < 4.78 is 10.2. The monoisotopic (exact) mass is 197 g/mol. The van der Waals surface area contributed by atoms with Gasteiger partial charge in [0.05, 0.1) is 19.8 Å². The van der Waals surface area contributed by atoms with Crippen LogP contribution >= 0.6 is 0 Å². The molecule has 4 nitrogen and oxygen atoms in total. The molecular weight excluding hydrogens is 182 g/mol. The zero-order chi connectivity index (χ0) is 10.4. The summed E-state index contributed by atoms with van der Waals surface area (Å²) in [6.45, 7) is 5.07. The number of rotatable bonds is 3. The van der Waals surface area contributed by atoms with Crippen LogP contribution in [-0.4, -0.2) is 30.8 Å². The molecule has 0 N–H and O–H groups in total. The minimum absolute atomic E-state index is 0.364. The molecule has 1 aliphatic heterocycles. The second-order valence-corrected chi connectivity index (χ2v) is 2.68. The van der Waals surface area contributed by atoms with E-state index in [0.717, 1.165) is 0 Å². The van der Waals surface area contributed by atoms with Crippen LogP contribution in [0.2, 0.25) is 0 Å². The Morgan fingerprint density at radius 1 is 1.50 bits per heavy atom. The maximum Gasteiger partial charge on any atom is 0.416 e. The number of hydrogen-bond acceptors (Lipinski definition) is 3. The smallest absolute Gasteiger partial charge is 0.416 e. The molecule has 1 heterocycles. The van der Waals surface area contributed by atoms with Gasteiger partial charge < -0.3 is 9.47 Å². The van der Waals surface area contributed by atoms with E-state index < -0.39 is 0 Å². The van der Waals surface area contributed by atoms with E-state index in [1.165, 1.54) is 4.90 Å². The van der Waals surface area contributed by atoms with E-state index in [1.54, 1.807) is 13.0 Å². The van der Waals surface area contributed by atoms with Crippen LogP contribution in [0.3, 0.4) is 0 Å². The Balaban J connectivity index is 2.63. The molecule has 1 rings (SSSR count). The van der Waals surface area contributed by atoms with Crippen molar-refractivity contribution in [1.82, 2.24) is 4.90 Å². The lowest BCUT2D eigenvalue weighted by atomic mass is 10.3. The maximum atomic E-state index is 11.4. The Kier molecular flexibility index (Phi) is 4.04. The topological polar surface area (TPSA) is 38.8 Å². The van der Waals surface area contributed by atoms with Crippen molar-refractivity contribution in [2.45, 2.75) is 13.8 Å². The van der Waals surface area contributed by atoms with E-state index in [2.05, 4.69) is 0 Å². The lowest BCUT2D eigenvalue weighted by molar-refractivity contribution is 0.0824. The maximum absolute atomic E-state index is 11.4. The quantitative estimate of drug-likeness (QED) is 0.693. The van der Waals surface area contributed by atoms with Crippen molar-refractivity contribution in [3.05, 3.63) is 24.1 Å². The Morgan fingerprint density at radius 3 is 2.93 bits per heavy atom. The van der Waals surface area contributed by atoms with Gasteiger partial charge in [0.1, 0.15) is 0 Å². The number of carbonyl (C=O) groups is 1. The number of amides is 1. The first-order chi connectivity index (χ1) is 6.79. The Morgan fingerprint density at radius 2 is 2.29 bits per heavy atom. The van der Waals surface area contributed by atoms with Gasteiger partial charge in [-0.25, -0.2) is 9.69 Å². The third kappa shape index (κ3) is 2.52. The van der Waals surface area contributed by atoms with Gasteiger partial charge in [-0.05, 0) is 19.9 Å². The van der Waals surface area contributed by atoms with E-state index >= 15 is 0 Å². The van der Waals surface area contributed by atoms with Crippen molar-refractivity contribution in [3.8, 4) is 0 Å². The molecular formula is C10H15NO3. The Bertz CT molecular complexity index is 258. The molecule has 0 radical (unpaired) electrons. The van der Waals surface area contributed by atoms with E-state index in [9.17, 15) is 4.79 Å².